The topological polar surface area (TPSA) is 60.9 Å². The van der Waals surface area contributed by atoms with Crippen molar-refractivity contribution < 1.29 is 18.8 Å². The molecule has 3 rings (SSSR count). The van der Waals surface area contributed by atoms with E-state index in [2.05, 4.69) is 0 Å². The fourth-order valence-corrected chi connectivity index (χ4v) is 3.58. The highest BCUT2D eigenvalue weighted by Gasteiger charge is 2.52. The summed E-state index contributed by atoms with van der Waals surface area (Å²) >= 11 is 1.60. The van der Waals surface area contributed by atoms with Crippen LogP contribution in [0.5, 0.6) is 0 Å². The van der Waals surface area contributed by atoms with Crippen molar-refractivity contribution in [3.05, 3.63) is 10.4 Å². The van der Waals surface area contributed by atoms with Crippen molar-refractivity contribution >= 4 is 30.1 Å². The normalized spacial score (nSPS) is 22.8. The summed E-state index contributed by atoms with van der Waals surface area (Å²) in [7, 11) is -0.433. The summed E-state index contributed by atoms with van der Waals surface area (Å²) in [5.41, 5.74) is -0.390. The van der Waals surface area contributed by atoms with Gasteiger partial charge in [0.25, 0.3) is 0 Å². The van der Waals surface area contributed by atoms with Gasteiger partial charge in [0.1, 0.15) is 5.60 Å². The first-order valence-corrected chi connectivity index (χ1v) is 9.55. The molecule has 6 nitrogen and oxygen atoms in total. The number of aromatic nitrogens is 1. The average molecular weight is 366 g/mol. The second-order valence-corrected chi connectivity index (χ2v) is 9.67. The Labute approximate surface area is 154 Å². The summed E-state index contributed by atoms with van der Waals surface area (Å²) in [6.45, 7) is 15.0. The molecule has 2 fully saturated rings. The molecule has 0 aromatic carbocycles. The maximum atomic E-state index is 12.0. The van der Waals surface area contributed by atoms with E-state index >= 15 is 0 Å². The van der Waals surface area contributed by atoms with Crippen molar-refractivity contribution in [2.75, 3.05) is 13.1 Å². The van der Waals surface area contributed by atoms with Crippen LogP contribution in [0.3, 0.4) is 0 Å². The lowest BCUT2D eigenvalue weighted by atomic mass is 9.86. The van der Waals surface area contributed by atoms with Gasteiger partial charge in [-0.15, -0.1) is 11.3 Å². The van der Waals surface area contributed by atoms with Gasteiger partial charge in [-0.25, -0.2) is 9.78 Å². The van der Waals surface area contributed by atoms with Gasteiger partial charge >= 0.3 is 13.2 Å². The van der Waals surface area contributed by atoms with Crippen LogP contribution in [0.4, 0.5) is 4.79 Å². The molecule has 138 valence electrons. The quantitative estimate of drug-likeness (QED) is 0.754. The maximum Gasteiger partial charge on any atom is 0.515 e. The van der Waals surface area contributed by atoms with Crippen molar-refractivity contribution in [1.82, 2.24) is 9.88 Å². The predicted molar refractivity (Wildman–Crippen MR) is 98.4 cm³/mol. The van der Waals surface area contributed by atoms with Gasteiger partial charge in [0.05, 0.1) is 21.8 Å². The fraction of sp³-hybridized carbons (Fsp3) is 0.765. The van der Waals surface area contributed by atoms with E-state index in [-0.39, 0.29) is 23.2 Å². The highest BCUT2D eigenvalue weighted by atomic mass is 32.1. The predicted octanol–water partition coefficient (Wildman–Crippen LogP) is 2.78. The highest BCUT2D eigenvalue weighted by molar-refractivity contribution is 7.10. The Morgan fingerprint density at radius 3 is 2.36 bits per heavy atom. The summed E-state index contributed by atoms with van der Waals surface area (Å²) in [5, 5.41) is 3.01. The van der Waals surface area contributed by atoms with E-state index in [0.29, 0.717) is 13.1 Å². The molecule has 0 spiro atoms. The molecule has 2 saturated heterocycles. The van der Waals surface area contributed by atoms with Gasteiger partial charge in [0, 0.05) is 24.4 Å². The van der Waals surface area contributed by atoms with Crippen LogP contribution in [0, 0.1) is 0 Å². The standard InChI is InChI=1S/C17H27BN2O4S/c1-15(2,3)22-14(21)20-8-11(9-20)13-19-12(10-25-13)18-23-16(4,5)17(6,7)24-18/h10-11H,8-9H2,1-7H3. The van der Waals surface area contributed by atoms with Gasteiger partial charge in [-0.1, -0.05) is 0 Å². The van der Waals surface area contributed by atoms with E-state index in [1.54, 1.807) is 16.2 Å². The molecule has 1 amide bonds. The number of carbonyl (C=O) groups excluding carboxylic acids is 1. The Morgan fingerprint density at radius 2 is 1.84 bits per heavy atom. The molecule has 0 N–H and O–H groups in total. The molecule has 1 aromatic rings. The van der Waals surface area contributed by atoms with Gasteiger partial charge in [-0.3, -0.25) is 0 Å². The van der Waals surface area contributed by atoms with Gasteiger partial charge in [-0.05, 0) is 48.5 Å². The number of nitrogens with zero attached hydrogens (tertiary/aromatic N) is 2. The largest absolute Gasteiger partial charge is 0.515 e. The van der Waals surface area contributed by atoms with Crippen molar-refractivity contribution in [3.63, 3.8) is 0 Å². The average Bonchev–Trinajstić information content (AvgIpc) is 2.89. The summed E-state index contributed by atoms with van der Waals surface area (Å²) < 4.78 is 17.5. The monoisotopic (exact) mass is 366 g/mol. The van der Waals surface area contributed by atoms with E-state index in [4.69, 9.17) is 19.0 Å². The van der Waals surface area contributed by atoms with Crippen LogP contribution in [-0.2, 0) is 14.0 Å². The van der Waals surface area contributed by atoms with Crippen LogP contribution >= 0.6 is 11.3 Å². The molecule has 2 aliphatic heterocycles. The molecule has 2 aliphatic rings. The second-order valence-electron chi connectivity index (χ2n) is 8.78. The molecule has 0 atom stereocenters. The zero-order chi connectivity index (χ0) is 18.6. The van der Waals surface area contributed by atoms with E-state index in [1.165, 1.54) is 0 Å². The molecule has 0 bridgehead atoms. The number of ether oxygens (including phenoxy) is 1. The number of hydrogen-bond donors (Lipinski definition) is 0. The summed E-state index contributed by atoms with van der Waals surface area (Å²) in [4.78, 5) is 18.4. The molecule has 0 radical (unpaired) electrons. The number of hydrogen-bond acceptors (Lipinski definition) is 6. The van der Waals surface area contributed by atoms with E-state index < -0.39 is 12.7 Å². The van der Waals surface area contributed by atoms with Crippen molar-refractivity contribution in [3.8, 4) is 0 Å². The number of thiazole rings is 1. The Kier molecular flexibility index (Phi) is 4.45. The van der Waals surface area contributed by atoms with E-state index in [1.807, 2.05) is 53.8 Å². The molecule has 3 heterocycles. The third-order valence-electron chi connectivity index (χ3n) is 4.92. The lowest BCUT2D eigenvalue weighted by molar-refractivity contribution is 0.00578. The maximum absolute atomic E-state index is 12.0. The van der Waals surface area contributed by atoms with Crippen molar-refractivity contribution in [2.24, 2.45) is 0 Å². The van der Waals surface area contributed by atoms with Gasteiger partial charge in [-0.2, -0.15) is 0 Å². The molecule has 0 unspecified atom stereocenters. The number of amides is 1. The summed E-state index contributed by atoms with van der Waals surface area (Å²) in [6.07, 6.45) is -0.258. The Balaban J connectivity index is 1.59. The van der Waals surface area contributed by atoms with Crippen LogP contribution in [0.1, 0.15) is 59.4 Å². The highest BCUT2D eigenvalue weighted by Crippen LogP contribution is 2.37. The molecule has 0 aliphatic carbocycles. The van der Waals surface area contributed by atoms with Crippen molar-refractivity contribution in [1.29, 1.82) is 0 Å². The first-order chi connectivity index (χ1) is 11.4. The third-order valence-corrected chi connectivity index (χ3v) is 5.94. The lowest BCUT2D eigenvalue weighted by Crippen LogP contribution is -2.50. The van der Waals surface area contributed by atoms with Gasteiger partial charge < -0.3 is 18.9 Å². The van der Waals surface area contributed by atoms with Crippen molar-refractivity contribution in [2.45, 2.75) is 71.2 Å². The van der Waals surface area contributed by atoms with Crippen LogP contribution in [-0.4, -0.2) is 53.0 Å². The minimum atomic E-state index is -0.465. The second kappa shape index (κ2) is 5.96. The van der Waals surface area contributed by atoms with Crippen LogP contribution in [0.15, 0.2) is 5.38 Å². The molecule has 25 heavy (non-hydrogen) atoms. The first kappa shape index (κ1) is 18.7. The van der Waals surface area contributed by atoms with E-state index in [0.717, 1.165) is 10.6 Å². The molecule has 8 heteroatoms. The van der Waals surface area contributed by atoms with Gasteiger partial charge in [0.2, 0.25) is 0 Å². The van der Waals surface area contributed by atoms with E-state index in [9.17, 15) is 4.79 Å². The molecule has 0 saturated carbocycles. The van der Waals surface area contributed by atoms with Crippen LogP contribution in [0.2, 0.25) is 0 Å². The van der Waals surface area contributed by atoms with Crippen LogP contribution < -0.4 is 5.59 Å². The number of rotatable bonds is 2. The summed E-state index contributed by atoms with van der Waals surface area (Å²) in [5.74, 6) is 0.258. The smallest absolute Gasteiger partial charge is 0.444 e. The third kappa shape index (κ3) is 3.71. The molecule has 1 aromatic heterocycles. The fourth-order valence-electron chi connectivity index (χ4n) is 2.67. The Hall–Kier alpha value is -1.12. The Morgan fingerprint density at radius 1 is 1.28 bits per heavy atom. The van der Waals surface area contributed by atoms with Gasteiger partial charge in [0.15, 0.2) is 0 Å². The minimum absolute atomic E-state index is 0.258. The first-order valence-electron chi connectivity index (χ1n) is 8.67. The SMILES string of the molecule is CC(C)(C)OC(=O)N1CC(c2nc(B3OC(C)(C)C(C)(C)O3)cs2)C1. The van der Waals surface area contributed by atoms with Crippen LogP contribution in [0.25, 0.3) is 0 Å². The zero-order valence-electron chi connectivity index (χ0n) is 16.1. The zero-order valence-corrected chi connectivity index (χ0v) is 16.9. The molecular formula is C17H27BN2O4S. The lowest BCUT2D eigenvalue weighted by Gasteiger charge is -2.38. The Bertz CT molecular complexity index is 646. The minimum Gasteiger partial charge on any atom is -0.444 e. The summed E-state index contributed by atoms with van der Waals surface area (Å²) in [6, 6.07) is 0. The number of likely N-dealkylation sites (tertiary alicyclic amines) is 1. The molecular weight excluding hydrogens is 339 g/mol. The number of carbonyl (C=O) groups is 1.